The molecule has 6 heteroatoms. The lowest BCUT2D eigenvalue weighted by molar-refractivity contribution is -0.137. The second-order valence-electron chi connectivity index (χ2n) is 7.56. The monoisotopic (exact) mass is 361 g/mol. The number of nitrogens with one attached hydrogen (secondary N) is 1. The van der Waals surface area contributed by atoms with Gasteiger partial charge in [-0.15, -0.1) is 0 Å². The summed E-state index contributed by atoms with van der Waals surface area (Å²) in [5.41, 5.74) is 0.695. The predicted molar refractivity (Wildman–Crippen MR) is 94.5 cm³/mol. The van der Waals surface area contributed by atoms with Crippen molar-refractivity contribution in [3.8, 4) is 6.07 Å². The topological polar surface area (TPSA) is 56.1 Å². The van der Waals surface area contributed by atoms with E-state index in [4.69, 9.17) is 0 Å². The molecular formula is C20H25F2N3O. The van der Waals surface area contributed by atoms with Crippen LogP contribution in [0, 0.1) is 22.6 Å². The summed E-state index contributed by atoms with van der Waals surface area (Å²) >= 11 is 0. The SMILES string of the molecule is CN[C@H](C(=O)N1C[C@@H](F)C[C@H]1C#N)C1(Cc2ccc(F)cc2)CCCC1. The van der Waals surface area contributed by atoms with Crippen LogP contribution >= 0.6 is 0 Å². The van der Waals surface area contributed by atoms with Crippen LogP contribution in [0.1, 0.15) is 37.7 Å². The first-order valence-corrected chi connectivity index (χ1v) is 9.25. The molecule has 0 radical (unpaired) electrons. The Morgan fingerprint density at radius 2 is 2.04 bits per heavy atom. The Kier molecular flexibility index (Phi) is 5.57. The maximum atomic E-state index is 13.8. The number of hydrogen-bond acceptors (Lipinski definition) is 3. The third kappa shape index (κ3) is 3.59. The number of benzene rings is 1. The number of likely N-dealkylation sites (tertiary alicyclic amines) is 1. The Morgan fingerprint density at radius 3 is 2.62 bits per heavy atom. The molecule has 140 valence electrons. The molecule has 1 aromatic carbocycles. The molecule has 1 N–H and O–H groups in total. The third-order valence-corrected chi connectivity index (χ3v) is 5.90. The molecule has 3 atom stereocenters. The molecule has 1 aliphatic heterocycles. The zero-order valence-electron chi connectivity index (χ0n) is 15.0. The average molecular weight is 361 g/mol. The summed E-state index contributed by atoms with van der Waals surface area (Å²) < 4.78 is 27.0. The van der Waals surface area contributed by atoms with Crippen LogP contribution in [0.4, 0.5) is 8.78 Å². The van der Waals surface area contributed by atoms with E-state index in [0.29, 0.717) is 6.42 Å². The molecule has 0 bridgehead atoms. The van der Waals surface area contributed by atoms with Crippen LogP contribution in [0.25, 0.3) is 0 Å². The van der Waals surface area contributed by atoms with Crippen molar-refractivity contribution >= 4 is 5.91 Å². The number of alkyl halides is 1. The predicted octanol–water partition coefficient (Wildman–Crippen LogP) is 2.98. The average Bonchev–Trinajstić information content (AvgIpc) is 3.24. The van der Waals surface area contributed by atoms with Gasteiger partial charge in [0.05, 0.1) is 18.7 Å². The lowest BCUT2D eigenvalue weighted by Crippen LogP contribution is -2.55. The van der Waals surface area contributed by atoms with E-state index in [1.165, 1.54) is 17.0 Å². The van der Waals surface area contributed by atoms with Gasteiger partial charge in [-0.3, -0.25) is 4.79 Å². The number of amides is 1. The smallest absolute Gasteiger partial charge is 0.241 e. The van der Waals surface area contributed by atoms with Crippen LogP contribution in [0.5, 0.6) is 0 Å². The highest BCUT2D eigenvalue weighted by Crippen LogP contribution is 2.45. The van der Waals surface area contributed by atoms with Gasteiger partial charge in [0.15, 0.2) is 0 Å². The van der Waals surface area contributed by atoms with Crippen LogP contribution < -0.4 is 5.32 Å². The van der Waals surface area contributed by atoms with Gasteiger partial charge in [0.1, 0.15) is 18.0 Å². The fourth-order valence-corrected chi connectivity index (χ4v) is 4.66. The van der Waals surface area contributed by atoms with Crippen molar-refractivity contribution in [1.82, 2.24) is 10.2 Å². The third-order valence-electron chi connectivity index (χ3n) is 5.90. The minimum atomic E-state index is -1.14. The maximum Gasteiger partial charge on any atom is 0.241 e. The second-order valence-corrected chi connectivity index (χ2v) is 7.56. The van der Waals surface area contributed by atoms with Crippen LogP contribution in [-0.2, 0) is 11.2 Å². The number of nitrogens with zero attached hydrogens (tertiary/aromatic N) is 2. The molecule has 1 aromatic rings. The number of likely N-dealkylation sites (N-methyl/N-ethyl adjacent to an activating group) is 1. The first-order valence-electron chi connectivity index (χ1n) is 9.25. The Hall–Kier alpha value is -2.00. The summed E-state index contributed by atoms with van der Waals surface area (Å²) in [5.74, 6) is -0.471. The Morgan fingerprint density at radius 1 is 1.38 bits per heavy atom. The molecule has 1 saturated carbocycles. The highest BCUT2D eigenvalue weighted by molar-refractivity contribution is 5.84. The molecule has 26 heavy (non-hydrogen) atoms. The molecule has 1 aliphatic carbocycles. The number of hydrogen-bond donors (Lipinski definition) is 1. The molecule has 2 aliphatic rings. The Labute approximate surface area is 153 Å². The van der Waals surface area contributed by atoms with Crippen LogP contribution in [-0.4, -0.2) is 42.7 Å². The molecule has 0 spiro atoms. The summed E-state index contributed by atoms with van der Waals surface area (Å²) in [7, 11) is 1.75. The minimum Gasteiger partial charge on any atom is -0.322 e. The zero-order valence-corrected chi connectivity index (χ0v) is 15.0. The number of carbonyl (C=O) groups excluding carboxylic acids is 1. The van der Waals surface area contributed by atoms with Crippen molar-refractivity contribution in [3.05, 3.63) is 35.6 Å². The fourth-order valence-electron chi connectivity index (χ4n) is 4.66. The van der Waals surface area contributed by atoms with E-state index in [1.54, 1.807) is 19.2 Å². The van der Waals surface area contributed by atoms with Crippen molar-refractivity contribution in [2.24, 2.45) is 5.41 Å². The Bertz CT molecular complexity index is 679. The normalized spacial score (nSPS) is 25.8. The minimum absolute atomic E-state index is 0.0120. The van der Waals surface area contributed by atoms with Crippen molar-refractivity contribution < 1.29 is 13.6 Å². The summed E-state index contributed by atoms with van der Waals surface area (Å²) in [6.07, 6.45) is 3.42. The summed E-state index contributed by atoms with van der Waals surface area (Å²) in [4.78, 5) is 14.6. The van der Waals surface area contributed by atoms with Crippen LogP contribution in [0.2, 0.25) is 0 Å². The van der Waals surface area contributed by atoms with E-state index in [0.717, 1.165) is 31.2 Å². The Balaban J connectivity index is 1.86. The molecule has 1 saturated heterocycles. The first kappa shape index (κ1) is 18.8. The molecule has 1 amide bonds. The quantitative estimate of drug-likeness (QED) is 0.877. The van der Waals surface area contributed by atoms with E-state index in [9.17, 15) is 18.8 Å². The van der Waals surface area contributed by atoms with E-state index in [2.05, 4.69) is 11.4 Å². The van der Waals surface area contributed by atoms with Gasteiger partial charge in [0, 0.05) is 6.42 Å². The summed E-state index contributed by atoms with van der Waals surface area (Å²) in [6, 6.07) is 7.29. The largest absolute Gasteiger partial charge is 0.322 e. The maximum absolute atomic E-state index is 13.8. The molecule has 1 heterocycles. The second kappa shape index (κ2) is 7.71. The van der Waals surface area contributed by atoms with E-state index in [-0.39, 0.29) is 30.1 Å². The van der Waals surface area contributed by atoms with Crippen molar-refractivity contribution in [1.29, 1.82) is 5.26 Å². The molecular weight excluding hydrogens is 336 g/mol. The number of rotatable bonds is 5. The van der Waals surface area contributed by atoms with Crippen LogP contribution in [0.3, 0.4) is 0 Å². The van der Waals surface area contributed by atoms with Gasteiger partial charge in [-0.2, -0.15) is 5.26 Å². The van der Waals surface area contributed by atoms with Crippen molar-refractivity contribution in [2.45, 2.75) is 56.8 Å². The van der Waals surface area contributed by atoms with Crippen molar-refractivity contribution in [2.75, 3.05) is 13.6 Å². The van der Waals surface area contributed by atoms with Gasteiger partial charge in [-0.25, -0.2) is 8.78 Å². The van der Waals surface area contributed by atoms with Gasteiger partial charge in [-0.1, -0.05) is 25.0 Å². The van der Waals surface area contributed by atoms with E-state index < -0.39 is 18.3 Å². The molecule has 3 rings (SSSR count). The van der Waals surface area contributed by atoms with Gasteiger partial charge in [0.2, 0.25) is 5.91 Å². The molecule has 0 unspecified atom stereocenters. The molecule has 2 fully saturated rings. The lowest BCUT2D eigenvalue weighted by Gasteiger charge is -2.39. The van der Waals surface area contributed by atoms with Crippen LogP contribution in [0.15, 0.2) is 24.3 Å². The standard InChI is InChI=1S/C20H25F2N3O/c1-24-18(19(26)25-13-16(22)10-17(25)12-23)20(8-2-3-9-20)11-14-4-6-15(21)7-5-14/h4-7,16-18,24H,2-3,8-11,13H2,1H3/t16-,17-,18+/m0/s1. The van der Waals surface area contributed by atoms with E-state index in [1.807, 2.05) is 0 Å². The highest BCUT2D eigenvalue weighted by atomic mass is 19.1. The van der Waals surface area contributed by atoms with Gasteiger partial charge >= 0.3 is 0 Å². The van der Waals surface area contributed by atoms with Crippen molar-refractivity contribution in [3.63, 3.8) is 0 Å². The first-order chi connectivity index (χ1) is 12.5. The summed E-state index contributed by atoms with van der Waals surface area (Å²) in [6.45, 7) is -0.0120. The number of nitriles is 1. The van der Waals surface area contributed by atoms with Gasteiger partial charge < -0.3 is 10.2 Å². The van der Waals surface area contributed by atoms with Gasteiger partial charge in [-0.05, 0) is 49.4 Å². The molecule has 0 aromatic heterocycles. The number of halogens is 2. The number of carbonyl (C=O) groups is 1. The lowest BCUT2D eigenvalue weighted by atomic mass is 9.73. The zero-order chi connectivity index (χ0) is 18.7. The van der Waals surface area contributed by atoms with Gasteiger partial charge in [0.25, 0.3) is 0 Å². The van der Waals surface area contributed by atoms with E-state index >= 15 is 0 Å². The highest BCUT2D eigenvalue weighted by Gasteiger charge is 2.48. The molecule has 4 nitrogen and oxygen atoms in total. The fraction of sp³-hybridized carbons (Fsp3) is 0.600. The summed E-state index contributed by atoms with van der Waals surface area (Å²) in [5, 5.41) is 12.4.